The molecule has 0 radical (unpaired) electrons. The van der Waals surface area contributed by atoms with Gasteiger partial charge in [-0.25, -0.2) is 0 Å². The van der Waals surface area contributed by atoms with Crippen LogP contribution in [0.15, 0.2) is 216 Å². The van der Waals surface area contributed by atoms with Crippen LogP contribution in [0, 0.1) is 5.92 Å². The van der Waals surface area contributed by atoms with E-state index in [9.17, 15) is 0 Å². The van der Waals surface area contributed by atoms with E-state index in [4.69, 9.17) is 6.58 Å². The van der Waals surface area contributed by atoms with Crippen LogP contribution in [-0.2, 0) is 12.8 Å². The Morgan fingerprint density at radius 3 is 2.50 bits per heavy atom. The van der Waals surface area contributed by atoms with Gasteiger partial charge in [-0.1, -0.05) is 166 Å². The largest absolute Gasteiger partial charge is 0.313 e. The molecule has 0 saturated heterocycles. The third kappa shape index (κ3) is 6.31. The second kappa shape index (κ2) is 15.4. The first-order valence-corrected chi connectivity index (χ1v) is 19.3. The first-order valence-electron chi connectivity index (χ1n) is 19.3. The summed E-state index contributed by atoms with van der Waals surface area (Å²) >= 11 is 0. The van der Waals surface area contributed by atoms with Gasteiger partial charge in [0.25, 0.3) is 0 Å². The van der Waals surface area contributed by atoms with Crippen LogP contribution in [0.2, 0.25) is 0 Å². The number of benzene rings is 3. The van der Waals surface area contributed by atoms with Crippen LogP contribution >= 0.6 is 0 Å². The average molecular weight is 698 g/mol. The molecule has 1 saturated carbocycles. The van der Waals surface area contributed by atoms with E-state index in [1.54, 1.807) is 0 Å². The van der Waals surface area contributed by atoms with E-state index in [-0.39, 0.29) is 5.92 Å². The van der Waals surface area contributed by atoms with E-state index in [0.29, 0.717) is 0 Å². The quantitative estimate of drug-likeness (QED) is 0.180. The Kier molecular flexibility index (Phi) is 9.97. The maximum atomic E-state index is 4.81. The number of nitrogens with zero attached hydrogens (tertiary/aromatic N) is 1. The standard InChI is InChI=1S/C53H47N/c1-5-8-9-10-14-27-48-52(40(20-6-2)33-32-39-23-17-30-47-46-28-18-24-41(46)36-49(39)47)37(4)44-34-35-51(53(44)48)54(42-25-12-11-13-26-42)50-31-19-29-45(43(50)7-3)38-21-15-16-22-38/h5-6,8-15,17-27,29-35,53H,1,4,7,16,28,36H2,2-3H3/b9-8-,14-10-,20-6-,33-32-,48-27+,52-40-. The third-order valence-electron chi connectivity index (χ3n) is 11.1. The van der Waals surface area contributed by atoms with Crippen molar-refractivity contribution in [2.75, 3.05) is 4.90 Å². The highest BCUT2D eigenvalue weighted by atomic mass is 15.2. The minimum atomic E-state index is 0.00767. The molecular weight excluding hydrogens is 651 g/mol. The van der Waals surface area contributed by atoms with Crippen LogP contribution in [-0.4, -0.2) is 0 Å². The van der Waals surface area contributed by atoms with Gasteiger partial charge in [0.05, 0.1) is 5.92 Å². The van der Waals surface area contributed by atoms with Crippen LogP contribution in [0.1, 0.15) is 54.5 Å². The Morgan fingerprint density at radius 2 is 1.70 bits per heavy atom. The highest BCUT2D eigenvalue weighted by molar-refractivity contribution is 5.87. The lowest BCUT2D eigenvalue weighted by atomic mass is 9.91. The van der Waals surface area contributed by atoms with Gasteiger partial charge in [-0.15, -0.1) is 0 Å². The molecule has 0 heterocycles. The first kappa shape index (κ1) is 34.9. The summed E-state index contributed by atoms with van der Waals surface area (Å²) < 4.78 is 0. The van der Waals surface area contributed by atoms with Gasteiger partial charge in [-0.05, 0) is 129 Å². The molecule has 1 nitrogen and oxygen atoms in total. The Balaban J connectivity index is 1.26. The average Bonchev–Trinajstić information content (AvgIpc) is 4.04. The maximum absolute atomic E-state index is 4.81. The minimum Gasteiger partial charge on any atom is -0.313 e. The molecular formula is C53H47N. The van der Waals surface area contributed by atoms with Gasteiger partial charge in [-0.3, -0.25) is 0 Å². The summed E-state index contributed by atoms with van der Waals surface area (Å²) in [6.07, 6.45) is 41.4. The normalized spacial score (nSPS) is 20.3. The second-order valence-corrected chi connectivity index (χ2v) is 14.2. The fourth-order valence-electron chi connectivity index (χ4n) is 8.78. The van der Waals surface area contributed by atoms with E-state index in [2.05, 4.69) is 177 Å². The van der Waals surface area contributed by atoms with Crippen LogP contribution in [0.5, 0.6) is 0 Å². The van der Waals surface area contributed by atoms with Crippen molar-refractivity contribution in [1.82, 2.24) is 0 Å². The van der Waals surface area contributed by atoms with Crippen molar-refractivity contribution >= 4 is 28.6 Å². The summed E-state index contributed by atoms with van der Waals surface area (Å²) in [5.74, 6) is 0.00767. The van der Waals surface area contributed by atoms with Gasteiger partial charge in [-0.2, -0.15) is 0 Å². The minimum absolute atomic E-state index is 0.00767. The summed E-state index contributed by atoms with van der Waals surface area (Å²) in [6, 6.07) is 24.4. The van der Waals surface area contributed by atoms with Gasteiger partial charge >= 0.3 is 0 Å². The van der Waals surface area contributed by atoms with Gasteiger partial charge < -0.3 is 4.90 Å². The topological polar surface area (TPSA) is 3.24 Å². The summed E-state index contributed by atoms with van der Waals surface area (Å²) in [5.41, 5.74) is 20.6. The molecule has 0 spiro atoms. The molecule has 1 unspecified atom stereocenters. The Labute approximate surface area is 321 Å². The van der Waals surface area contributed by atoms with Crippen molar-refractivity contribution in [2.24, 2.45) is 5.92 Å². The zero-order valence-corrected chi connectivity index (χ0v) is 31.4. The van der Waals surface area contributed by atoms with E-state index in [1.165, 1.54) is 72.6 Å². The molecule has 5 aliphatic rings. The zero-order chi connectivity index (χ0) is 37.0. The van der Waals surface area contributed by atoms with Crippen molar-refractivity contribution in [1.29, 1.82) is 0 Å². The number of hydrogen-bond donors (Lipinski definition) is 0. The van der Waals surface area contributed by atoms with Gasteiger partial charge in [0.2, 0.25) is 0 Å². The number of hydrogen-bond acceptors (Lipinski definition) is 1. The number of para-hydroxylation sites is 1. The SMILES string of the molecule is C=C\C=C/C=C\C=C1/C(=C(/C=C\C)\C=C/c2cccc3c2CC2=C3CC=C2)C(=C)C2=CC=C(N(c3ccccc3)c3cccc(C4=CCC=C4)c3CC)C21. The van der Waals surface area contributed by atoms with Crippen molar-refractivity contribution in [3.63, 3.8) is 0 Å². The summed E-state index contributed by atoms with van der Waals surface area (Å²) in [4.78, 5) is 2.50. The lowest BCUT2D eigenvalue weighted by molar-refractivity contribution is 0.881. The van der Waals surface area contributed by atoms with Crippen molar-refractivity contribution < 1.29 is 0 Å². The highest BCUT2D eigenvalue weighted by Crippen LogP contribution is 2.54. The molecule has 8 rings (SSSR count). The highest BCUT2D eigenvalue weighted by Gasteiger charge is 2.41. The fourth-order valence-corrected chi connectivity index (χ4v) is 8.78. The van der Waals surface area contributed by atoms with Gasteiger partial charge in [0.15, 0.2) is 0 Å². The second-order valence-electron chi connectivity index (χ2n) is 14.2. The van der Waals surface area contributed by atoms with Gasteiger partial charge in [0, 0.05) is 17.1 Å². The summed E-state index contributed by atoms with van der Waals surface area (Å²) in [6.45, 7) is 13.1. The van der Waals surface area contributed by atoms with Crippen LogP contribution in [0.25, 0.3) is 17.2 Å². The van der Waals surface area contributed by atoms with E-state index < -0.39 is 0 Å². The Bertz CT molecular complexity index is 2410. The van der Waals surface area contributed by atoms with Gasteiger partial charge in [0.1, 0.15) is 0 Å². The first-order chi connectivity index (χ1) is 26.6. The molecule has 5 aliphatic carbocycles. The van der Waals surface area contributed by atoms with E-state index >= 15 is 0 Å². The molecule has 1 heteroatoms. The Morgan fingerprint density at radius 1 is 0.870 bits per heavy atom. The van der Waals surface area contributed by atoms with Crippen LogP contribution < -0.4 is 4.90 Å². The molecule has 0 amide bonds. The third-order valence-corrected chi connectivity index (χ3v) is 11.1. The van der Waals surface area contributed by atoms with Crippen molar-refractivity contribution in [2.45, 2.75) is 39.5 Å². The number of fused-ring (bicyclic) bond motifs is 3. The van der Waals surface area contributed by atoms with Crippen molar-refractivity contribution in [3.8, 4) is 0 Å². The molecule has 0 aliphatic heterocycles. The summed E-state index contributed by atoms with van der Waals surface area (Å²) in [7, 11) is 0. The maximum Gasteiger partial charge on any atom is 0.0509 e. The molecule has 3 aromatic rings. The molecule has 1 fully saturated rings. The summed E-state index contributed by atoms with van der Waals surface area (Å²) in [5, 5.41) is 0. The predicted molar refractivity (Wildman–Crippen MR) is 233 cm³/mol. The molecule has 0 aromatic heterocycles. The van der Waals surface area contributed by atoms with E-state index in [1.807, 2.05) is 18.2 Å². The molecule has 1 atom stereocenters. The predicted octanol–water partition coefficient (Wildman–Crippen LogP) is 13.8. The lowest BCUT2D eigenvalue weighted by Gasteiger charge is -2.33. The fraction of sp³-hybridized carbons (Fsp3) is 0.132. The van der Waals surface area contributed by atoms with Crippen molar-refractivity contribution in [3.05, 3.63) is 244 Å². The van der Waals surface area contributed by atoms with Crippen LogP contribution in [0.3, 0.4) is 0 Å². The molecule has 3 aromatic carbocycles. The van der Waals surface area contributed by atoms with Crippen LogP contribution in [0.4, 0.5) is 11.4 Å². The van der Waals surface area contributed by atoms with E-state index in [0.717, 1.165) is 42.5 Å². The molecule has 0 N–H and O–H groups in total. The Hall–Kier alpha value is -6.18. The zero-order valence-electron chi connectivity index (χ0n) is 31.4. The lowest BCUT2D eigenvalue weighted by Crippen LogP contribution is -2.23. The number of allylic oxidation sites excluding steroid dienone is 23. The number of rotatable bonds is 11. The number of anilines is 2. The monoisotopic (exact) mass is 697 g/mol. The molecule has 54 heavy (non-hydrogen) atoms. The smallest absolute Gasteiger partial charge is 0.0509 e. The molecule has 0 bridgehead atoms. The molecule has 264 valence electrons.